The fourth-order valence-electron chi connectivity index (χ4n) is 9.16. The molecular formula is C60H101NO15. The molecule has 1 heterocycles. The Morgan fingerprint density at radius 2 is 0.974 bits per heavy atom. The second kappa shape index (κ2) is 44.4. The van der Waals surface area contributed by atoms with E-state index in [4.69, 9.17) is 37.9 Å². The summed E-state index contributed by atoms with van der Waals surface area (Å²) in [6, 6.07) is -1.17. The summed E-state index contributed by atoms with van der Waals surface area (Å²) in [7, 11) is 0. The van der Waals surface area contributed by atoms with Crippen LogP contribution in [0, 0.1) is 0 Å². The average Bonchev–Trinajstić information content (AvgIpc) is 3.35. The van der Waals surface area contributed by atoms with Crippen molar-refractivity contribution in [2.24, 2.45) is 0 Å². The summed E-state index contributed by atoms with van der Waals surface area (Å²) in [6.45, 7) is 12.5. The molecule has 1 aliphatic heterocycles. The number of esters is 6. The minimum atomic E-state index is -1.59. The van der Waals surface area contributed by atoms with Crippen LogP contribution in [0.4, 0.5) is 0 Å². The minimum absolute atomic E-state index is 0.241. The van der Waals surface area contributed by atoms with Gasteiger partial charge in [0.25, 0.3) is 5.91 Å². The Morgan fingerprint density at radius 3 is 1.46 bits per heavy atom. The van der Waals surface area contributed by atoms with E-state index in [1.165, 1.54) is 129 Å². The second-order valence-electron chi connectivity index (χ2n) is 20.4. The van der Waals surface area contributed by atoms with Crippen LogP contribution in [0.1, 0.15) is 242 Å². The number of ether oxygens (including phenoxy) is 8. The molecule has 0 aromatic rings. The maximum absolute atomic E-state index is 14.2. The number of unbranched alkanes of at least 4 members (excludes halogenated alkanes) is 24. The first-order chi connectivity index (χ1) is 36.5. The molecule has 1 saturated heterocycles. The molecule has 0 spiro atoms. The maximum Gasteiger partial charge on any atom is 0.303 e. The fraction of sp³-hybridized carbons (Fsp3) is 0.783. The van der Waals surface area contributed by atoms with Gasteiger partial charge in [-0.15, -0.1) is 0 Å². The van der Waals surface area contributed by atoms with E-state index in [0.717, 1.165) is 71.8 Å². The Kier molecular flexibility index (Phi) is 40.6. The summed E-state index contributed by atoms with van der Waals surface area (Å²) in [6.07, 6.45) is 31.9. The van der Waals surface area contributed by atoms with Gasteiger partial charge < -0.3 is 43.2 Å². The summed E-state index contributed by atoms with van der Waals surface area (Å²) in [5.41, 5.74) is 1.11. The molecule has 0 unspecified atom stereocenters. The van der Waals surface area contributed by atoms with Gasteiger partial charge >= 0.3 is 35.8 Å². The predicted octanol–water partition coefficient (Wildman–Crippen LogP) is 12.5. The molecule has 16 heteroatoms. The van der Waals surface area contributed by atoms with Crippen molar-refractivity contribution in [3.05, 3.63) is 36.0 Å². The van der Waals surface area contributed by atoms with Crippen molar-refractivity contribution in [3.8, 4) is 0 Å². The fourth-order valence-corrected chi connectivity index (χ4v) is 9.16. The van der Waals surface area contributed by atoms with Crippen LogP contribution in [0.15, 0.2) is 36.0 Å². The van der Waals surface area contributed by atoms with Gasteiger partial charge in [-0.25, -0.2) is 0 Å². The number of allylic oxidation sites excluding steroid dienone is 5. The van der Waals surface area contributed by atoms with E-state index >= 15 is 0 Å². The molecule has 1 aliphatic rings. The van der Waals surface area contributed by atoms with E-state index < -0.39 is 104 Å². The van der Waals surface area contributed by atoms with Crippen LogP contribution in [0.5, 0.6) is 0 Å². The Labute approximate surface area is 457 Å². The summed E-state index contributed by atoms with van der Waals surface area (Å²) in [5.74, 6) is -5.11. The van der Waals surface area contributed by atoms with Gasteiger partial charge in [-0.3, -0.25) is 33.6 Å². The highest BCUT2D eigenvalue weighted by Crippen LogP contribution is 2.30. The molecule has 0 radical (unpaired) electrons. The third-order valence-electron chi connectivity index (χ3n) is 13.1. The van der Waals surface area contributed by atoms with Gasteiger partial charge in [0.15, 0.2) is 30.7 Å². The summed E-state index contributed by atoms with van der Waals surface area (Å²) in [4.78, 5) is 88.7. The quantitative estimate of drug-likeness (QED) is 0.0198. The zero-order valence-corrected chi connectivity index (χ0v) is 48.3. The van der Waals surface area contributed by atoms with E-state index in [-0.39, 0.29) is 6.42 Å². The van der Waals surface area contributed by atoms with Crippen LogP contribution in [0.3, 0.4) is 0 Å². The first-order valence-corrected chi connectivity index (χ1v) is 29.1. The van der Waals surface area contributed by atoms with Gasteiger partial charge in [0.2, 0.25) is 0 Å². The van der Waals surface area contributed by atoms with Crippen LogP contribution in [-0.2, 0) is 71.5 Å². The summed E-state index contributed by atoms with van der Waals surface area (Å²) < 4.78 is 45.7. The number of carbonyl (C=O) groups is 7. The number of amides is 1. The smallest absolute Gasteiger partial charge is 0.303 e. The molecule has 1 rings (SSSR count). The van der Waals surface area contributed by atoms with Crippen molar-refractivity contribution in [2.45, 2.75) is 291 Å². The number of hydrogen-bond acceptors (Lipinski definition) is 15. The zero-order valence-electron chi connectivity index (χ0n) is 48.3. The number of carbonyl (C=O) groups excluding carboxylic acids is 7. The first-order valence-electron chi connectivity index (χ1n) is 29.1. The van der Waals surface area contributed by atoms with Crippen molar-refractivity contribution < 1.29 is 71.5 Å². The topological polar surface area (TPSA) is 205 Å². The lowest BCUT2D eigenvalue weighted by Gasteiger charge is -2.44. The van der Waals surface area contributed by atoms with Gasteiger partial charge in [0.1, 0.15) is 18.8 Å². The standard InChI is InChI=1S/C60H101NO15/c1-10-12-14-16-18-19-20-21-22-23-24-25-26-27-28-29-31-33-37-42-54(72-48(6)64)59(68)61-52(53(71-47(5)63)41-38-34-36-40-45(3)39-35-32-30-17-15-13-11-2)43-70-60-58(75-51(9)67)57(74-50(8)66)56(73-49(7)65)55(76-60)44-69-46(4)62/h35,38-41,52-58,60H,10-34,36-37,42-44H2,1-9H3,(H,61,68)/b39-35+,41-38+,45-40+/t52-,53+,54+,55+,56+,57-,58+,60+/m0/s1. The average molecular weight is 1080 g/mol. The van der Waals surface area contributed by atoms with E-state index in [0.29, 0.717) is 19.3 Å². The molecule has 0 aliphatic carbocycles. The van der Waals surface area contributed by atoms with Gasteiger partial charge in [-0.05, 0) is 51.5 Å². The lowest BCUT2D eigenvalue weighted by molar-refractivity contribution is -0.309. The highest BCUT2D eigenvalue weighted by Gasteiger charge is 2.53. The Balaban J connectivity index is 3.24. The SMILES string of the molecule is CCCCCCC/C=C/C(C)=C/CC/C=C/[C@@H](OC(C)=O)[C@H](CO[C@@H]1O[C@H](COC(C)=O)[C@@H](OC(C)=O)[C@H](OC(C)=O)[C@H]1OC(C)=O)NC(=O)[C@@H](CCCCCCCCCCCCCCCCCCCCC)OC(C)=O. The van der Waals surface area contributed by atoms with Crippen LogP contribution in [-0.4, -0.2) is 104 Å². The summed E-state index contributed by atoms with van der Waals surface area (Å²) >= 11 is 0. The maximum atomic E-state index is 14.2. The van der Waals surface area contributed by atoms with Gasteiger partial charge in [0.05, 0.1) is 12.6 Å². The highest BCUT2D eigenvalue weighted by molar-refractivity contribution is 5.83. The van der Waals surface area contributed by atoms with Crippen molar-refractivity contribution in [1.29, 1.82) is 0 Å². The predicted molar refractivity (Wildman–Crippen MR) is 294 cm³/mol. The van der Waals surface area contributed by atoms with E-state index in [1.54, 1.807) is 6.08 Å². The minimum Gasteiger partial charge on any atom is -0.463 e. The number of rotatable bonds is 44. The molecule has 1 amide bonds. The van der Waals surface area contributed by atoms with E-state index in [2.05, 4.69) is 37.4 Å². The Morgan fingerprint density at radius 1 is 0.500 bits per heavy atom. The van der Waals surface area contributed by atoms with Gasteiger partial charge in [0, 0.05) is 41.5 Å². The normalized spacial score (nSPS) is 18.9. The molecule has 0 saturated carbocycles. The molecule has 0 aromatic carbocycles. The number of hydrogen-bond donors (Lipinski definition) is 1. The molecule has 0 aromatic heterocycles. The summed E-state index contributed by atoms with van der Waals surface area (Å²) in [5, 5.41) is 2.89. The van der Waals surface area contributed by atoms with Crippen molar-refractivity contribution in [3.63, 3.8) is 0 Å². The second-order valence-corrected chi connectivity index (χ2v) is 20.4. The van der Waals surface area contributed by atoms with Gasteiger partial charge in [-0.2, -0.15) is 0 Å². The third kappa shape index (κ3) is 35.7. The first kappa shape index (κ1) is 69.4. The molecule has 436 valence electrons. The van der Waals surface area contributed by atoms with Crippen LogP contribution < -0.4 is 5.32 Å². The molecule has 1 fully saturated rings. The lowest BCUT2D eigenvalue weighted by atomic mass is 9.98. The van der Waals surface area contributed by atoms with Crippen molar-refractivity contribution >= 4 is 41.7 Å². The van der Waals surface area contributed by atoms with Crippen molar-refractivity contribution in [1.82, 2.24) is 5.32 Å². The molecule has 76 heavy (non-hydrogen) atoms. The van der Waals surface area contributed by atoms with Crippen LogP contribution in [0.2, 0.25) is 0 Å². The van der Waals surface area contributed by atoms with Gasteiger partial charge in [-0.1, -0.05) is 185 Å². The lowest BCUT2D eigenvalue weighted by Crippen LogP contribution is -2.63. The molecular weight excluding hydrogens is 975 g/mol. The number of nitrogens with one attached hydrogen (secondary N) is 1. The van der Waals surface area contributed by atoms with Crippen molar-refractivity contribution in [2.75, 3.05) is 13.2 Å². The molecule has 8 atom stereocenters. The monoisotopic (exact) mass is 1080 g/mol. The highest BCUT2D eigenvalue weighted by atomic mass is 16.7. The zero-order chi connectivity index (χ0) is 56.4. The molecule has 16 nitrogen and oxygen atoms in total. The third-order valence-corrected chi connectivity index (χ3v) is 13.1. The van der Waals surface area contributed by atoms with E-state index in [1.807, 2.05) is 13.0 Å². The largest absolute Gasteiger partial charge is 0.463 e. The molecule has 1 N–H and O–H groups in total. The van der Waals surface area contributed by atoms with E-state index in [9.17, 15) is 33.6 Å². The Hall–Kier alpha value is -4.57. The Bertz CT molecular complexity index is 1730. The van der Waals surface area contributed by atoms with Crippen LogP contribution in [0.25, 0.3) is 0 Å². The van der Waals surface area contributed by atoms with Crippen LogP contribution >= 0.6 is 0 Å². The molecule has 0 bridgehead atoms.